The van der Waals surface area contributed by atoms with Crippen LogP contribution in [-0.4, -0.2) is 11.6 Å². The van der Waals surface area contributed by atoms with Gasteiger partial charge in [0.1, 0.15) is 6.10 Å². The Morgan fingerprint density at radius 2 is 2.18 bits per heavy atom. The third-order valence-corrected chi connectivity index (χ3v) is 3.23. The van der Waals surface area contributed by atoms with Gasteiger partial charge in [-0.2, -0.15) is 5.26 Å². The molecule has 0 aliphatic carbocycles. The van der Waals surface area contributed by atoms with E-state index < -0.39 is 0 Å². The molecule has 2 unspecified atom stereocenters. The highest BCUT2D eigenvalue weighted by Gasteiger charge is 2.30. The van der Waals surface area contributed by atoms with E-state index in [-0.39, 0.29) is 12.0 Å². The van der Waals surface area contributed by atoms with Crippen LogP contribution in [-0.2, 0) is 4.74 Å². The second-order valence-electron chi connectivity index (χ2n) is 4.24. The molecule has 0 radical (unpaired) electrons. The van der Waals surface area contributed by atoms with Crippen LogP contribution in [0.3, 0.4) is 0 Å². The topological polar surface area (TPSA) is 45.9 Å². The Morgan fingerprint density at radius 1 is 1.29 bits per heavy atom. The van der Waals surface area contributed by atoms with Crippen molar-refractivity contribution in [1.29, 1.82) is 5.26 Å². The predicted octanol–water partition coefficient (Wildman–Crippen LogP) is 2.84. The van der Waals surface area contributed by atoms with E-state index >= 15 is 0 Å². The highest BCUT2D eigenvalue weighted by Crippen LogP contribution is 2.36. The molecule has 0 bridgehead atoms. The van der Waals surface area contributed by atoms with E-state index in [9.17, 15) is 0 Å². The Hall–Kier alpha value is -1.92. The number of nitriles is 1. The molecule has 2 aromatic rings. The molecule has 3 heteroatoms. The monoisotopic (exact) mass is 224 g/mol. The van der Waals surface area contributed by atoms with Crippen LogP contribution in [0.2, 0.25) is 0 Å². The Labute approximate surface area is 99.7 Å². The summed E-state index contributed by atoms with van der Waals surface area (Å²) in [4.78, 5) is 4.41. The summed E-state index contributed by atoms with van der Waals surface area (Å²) in [5.74, 6) is -0.0531. The number of ether oxygens (including phenoxy) is 1. The van der Waals surface area contributed by atoms with Crippen LogP contribution in [0.5, 0.6) is 0 Å². The molecule has 0 spiro atoms. The molecule has 1 aliphatic heterocycles. The zero-order valence-electron chi connectivity index (χ0n) is 9.34. The van der Waals surface area contributed by atoms with E-state index in [0.29, 0.717) is 6.61 Å². The quantitative estimate of drug-likeness (QED) is 0.748. The van der Waals surface area contributed by atoms with Crippen LogP contribution in [0.1, 0.15) is 18.1 Å². The number of aromatic nitrogens is 1. The van der Waals surface area contributed by atoms with Gasteiger partial charge in [-0.3, -0.25) is 4.98 Å². The Kier molecular flexibility index (Phi) is 2.50. The fourth-order valence-electron chi connectivity index (χ4n) is 2.39. The summed E-state index contributed by atoms with van der Waals surface area (Å²) < 4.78 is 5.69. The molecule has 1 saturated heterocycles. The smallest absolute Gasteiger partial charge is 0.100 e. The summed E-state index contributed by atoms with van der Waals surface area (Å²) >= 11 is 0. The van der Waals surface area contributed by atoms with Gasteiger partial charge >= 0.3 is 0 Å². The van der Waals surface area contributed by atoms with Crippen molar-refractivity contribution in [2.75, 3.05) is 6.61 Å². The molecule has 1 aromatic carbocycles. The third kappa shape index (κ3) is 1.67. The lowest BCUT2D eigenvalue weighted by Gasteiger charge is -2.14. The SMILES string of the molecule is N#CC1CCOC1c1cccc2cccnc12. The fraction of sp³-hybridized carbons (Fsp3) is 0.286. The maximum atomic E-state index is 9.12. The van der Waals surface area contributed by atoms with Gasteiger partial charge in [-0.05, 0) is 12.5 Å². The summed E-state index contributed by atoms with van der Waals surface area (Å²) in [6, 6.07) is 12.3. The number of hydrogen-bond donors (Lipinski definition) is 0. The van der Waals surface area contributed by atoms with Crippen molar-refractivity contribution in [2.24, 2.45) is 5.92 Å². The molecule has 2 heterocycles. The minimum absolute atomic E-state index is 0.0531. The molecule has 3 nitrogen and oxygen atoms in total. The lowest BCUT2D eigenvalue weighted by Crippen LogP contribution is -2.06. The number of hydrogen-bond acceptors (Lipinski definition) is 3. The first-order valence-corrected chi connectivity index (χ1v) is 5.75. The maximum Gasteiger partial charge on any atom is 0.100 e. The van der Waals surface area contributed by atoms with Crippen molar-refractivity contribution < 1.29 is 4.74 Å². The summed E-state index contributed by atoms with van der Waals surface area (Å²) in [6.07, 6.45) is 2.46. The zero-order valence-corrected chi connectivity index (χ0v) is 9.34. The molecule has 17 heavy (non-hydrogen) atoms. The van der Waals surface area contributed by atoms with Crippen molar-refractivity contribution in [1.82, 2.24) is 4.98 Å². The molecule has 1 aliphatic rings. The van der Waals surface area contributed by atoms with Crippen molar-refractivity contribution in [2.45, 2.75) is 12.5 Å². The van der Waals surface area contributed by atoms with E-state index in [0.717, 1.165) is 22.9 Å². The molecule has 0 N–H and O–H groups in total. The van der Waals surface area contributed by atoms with E-state index in [1.54, 1.807) is 6.20 Å². The van der Waals surface area contributed by atoms with Gasteiger partial charge in [0, 0.05) is 23.8 Å². The van der Waals surface area contributed by atoms with Crippen LogP contribution in [0.4, 0.5) is 0 Å². The van der Waals surface area contributed by atoms with Gasteiger partial charge in [-0.25, -0.2) is 0 Å². The number of benzene rings is 1. The van der Waals surface area contributed by atoms with Gasteiger partial charge in [-0.1, -0.05) is 24.3 Å². The molecule has 2 atom stereocenters. The number of nitrogens with zero attached hydrogens (tertiary/aromatic N) is 2. The number of pyridine rings is 1. The predicted molar refractivity (Wildman–Crippen MR) is 64.2 cm³/mol. The molecule has 84 valence electrons. The van der Waals surface area contributed by atoms with E-state index in [1.165, 1.54) is 0 Å². The fourth-order valence-corrected chi connectivity index (χ4v) is 2.39. The first kappa shape index (κ1) is 10.2. The van der Waals surface area contributed by atoms with Gasteiger partial charge in [0.15, 0.2) is 0 Å². The van der Waals surface area contributed by atoms with Crippen LogP contribution >= 0.6 is 0 Å². The lowest BCUT2D eigenvalue weighted by atomic mass is 9.95. The maximum absolute atomic E-state index is 9.12. The Balaban J connectivity index is 2.14. The Bertz CT molecular complexity index is 583. The van der Waals surface area contributed by atoms with Gasteiger partial charge < -0.3 is 4.74 Å². The minimum Gasteiger partial charge on any atom is -0.372 e. The largest absolute Gasteiger partial charge is 0.372 e. The third-order valence-electron chi connectivity index (χ3n) is 3.23. The van der Waals surface area contributed by atoms with Crippen molar-refractivity contribution in [3.8, 4) is 6.07 Å². The van der Waals surface area contributed by atoms with E-state index in [2.05, 4.69) is 11.1 Å². The summed E-state index contributed by atoms with van der Waals surface area (Å²) in [6.45, 7) is 0.659. The van der Waals surface area contributed by atoms with Gasteiger partial charge in [0.25, 0.3) is 0 Å². The number of fused-ring (bicyclic) bond motifs is 1. The molecule has 1 aromatic heterocycles. The van der Waals surface area contributed by atoms with Crippen molar-refractivity contribution in [3.05, 3.63) is 42.1 Å². The van der Waals surface area contributed by atoms with Crippen LogP contribution in [0, 0.1) is 17.2 Å². The van der Waals surface area contributed by atoms with Crippen LogP contribution in [0.15, 0.2) is 36.5 Å². The Morgan fingerprint density at radius 3 is 3.06 bits per heavy atom. The van der Waals surface area contributed by atoms with E-state index in [4.69, 9.17) is 10.00 Å². The summed E-state index contributed by atoms with van der Waals surface area (Å²) in [7, 11) is 0. The standard InChI is InChI=1S/C14H12N2O/c15-9-11-6-8-17-14(11)12-5-1-3-10-4-2-7-16-13(10)12/h1-5,7,11,14H,6,8H2. The molecule has 0 amide bonds. The summed E-state index contributed by atoms with van der Waals surface area (Å²) in [5, 5.41) is 10.2. The van der Waals surface area contributed by atoms with Crippen LogP contribution < -0.4 is 0 Å². The van der Waals surface area contributed by atoms with Crippen LogP contribution in [0.25, 0.3) is 10.9 Å². The van der Waals surface area contributed by atoms with Crippen molar-refractivity contribution in [3.63, 3.8) is 0 Å². The average molecular weight is 224 g/mol. The van der Waals surface area contributed by atoms with Crippen molar-refractivity contribution >= 4 is 10.9 Å². The normalized spacial score (nSPS) is 23.7. The average Bonchev–Trinajstić information content (AvgIpc) is 2.86. The molecule has 1 fully saturated rings. The first-order chi connectivity index (χ1) is 8.40. The van der Waals surface area contributed by atoms with Gasteiger partial charge in [0.05, 0.1) is 17.5 Å². The first-order valence-electron chi connectivity index (χ1n) is 5.75. The highest BCUT2D eigenvalue weighted by atomic mass is 16.5. The minimum atomic E-state index is -0.126. The number of para-hydroxylation sites is 1. The second kappa shape index (κ2) is 4.15. The lowest BCUT2D eigenvalue weighted by molar-refractivity contribution is 0.102. The van der Waals surface area contributed by atoms with E-state index in [1.807, 2.05) is 30.3 Å². The summed E-state index contributed by atoms with van der Waals surface area (Å²) in [5.41, 5.74) is 1.98. The molecular formula is C14H12N2O. The molecule has 0 saturated carbocycles. The van der Waals surface area contributed by atoms with Gasteiger partial charge in [0.2, 0.25) is 0 Å². The van der Waals surface area contributed by atoms with Gasteiger partial charge in [-0.15, -0.1) is 0 Å². The highest BCUT2D eigenvalue weighted by molar-refractivity contribution is 5.82. The molecule has 3 rings (SSSR count). The number of rotatable bonds is 1. The second-order valence-corrected chi connectivity index (χ2v) is 4.24. The zero-order chi connectivity index (χ0) is 11.7. The molecular weight excluding hydrogens is 212 g/mol.